The molecule has 2 N–H and O–H groups in total. The van der Waals surface area contributed by atoms with Crippen LogP contribution < -0.4 is 20.2 Å². The van der Waals surface area contributed by atoms with Crippen LogP contribution in [0.25, 0.3) is 49.0 Å². The molecule has 0 aliphatic carbocycles. The standard InChI is InChI=1S/C34H30N8O4/c1-17-30-31(34(42(17)5)32(36-3)27-14-38-22-8-19(15-43)29(46-7)11-25(22)40-27)18(2)41(4)33(30)21(12-35)26-13-37-23-10-28(45-6)20(16-44)9-24(23)39-26/h8-11,13-14,43-44H,15-16H2,1-2,4-7H3/b33-21-,34-32+. The molecule has 0 aliphatic rings. The van der Waals surface area contributed by atoms with Crippen molar-refractivity contribution in [3.8, 4) is 17.6 Å². The normalized spacial score (nSPS) is 12.7. The van der Waals surface area contributed by atoms with E-state index in [0.29, 0.717) is 78.0 Å². The van der Waals surface area contributed by atoms with E-state index < -0.39 is 0 Å². The maximum absolute atomic E-state index is 10.5. The van der Waals surface area contributed by atoms with Crippen molar-refractivity contribution in [3.63, 3.8) is 0 Å². The SMILES string of the molecule is [C-]#[N+]/C(c1cnc2cc(CO)c(OC)cc2n1)=c1\c2c(C)n(C)/c(=C(/C#N)c3cnc4cc(OC)c(CO)cc4n3)c2c(C)n1C. The van der Waals surface area contributed by atoms with Crippen molar-refractivity contribution in [1.29, 1.82) is 5.26 Å². The van der Waals surface area contributed by atoms with Crippen LogP contribution in [0.5, 0.6) is 11.5 Å². The summed E-state index contributed by atoms with van der Waals surface area (Å²) >= 11 is 0. The van der Waals surface area contributed by atoms with Gasteiger partial charge in [-0.2, -0.15) is 5.26 Å². The lowest BCUT2D eigenvalue weighted by Gasteiger charge is -2.09. The summed E-state index contributed by atoms with van der Waals surface area (Å²) in [6, 6.07) is 9.20. The minimum absolute atomic E-state index is 0.205. The molecule has 6 rings (SSSR count). The number of nitriles is 1. The summed E-state index contributed by atoms with van der Waals surface area (Å²) in [5.41, 5.74) is 6.41. The molecule has 2 aromatic carbocycles. The molecule has 0 spiro atoms. The van der Waals surface area contributed by atoms with Crippen LogP contribution in [-0.2, 0) is 27.3 Å². The number of aliphatic hydroxyl groups is 2. The van der Waals surface area contributed by atoms with Gasteiger partial charge in [0.15, 0.2) is 0 Å². The van der Waals surface area contributed by atoms with E-state index in [4.69, 9.17) is 26.0 Å². The average molecular weight is 615 g/mol. The fourth-order valence-electron chi connectivity index (χ4n) is 6.01. The molecule has 4 heterocycles. The van der Waals surface area contributed by atoms with E-state index in [9.17, 15) is 15.5 Å². The van der Waals surface area contributed by atoms with E-state index in [1.54, 1.807) is 36.7 Å². The monoisotopic (exact) mass is 614 g/mol. The molecule has 0 unspecified atom stereocenters. The molecular formula is C34H30N8O4. The zero-order chi connectivity index (χ0) is 32.9. The second kappa shape index (κ2) is 11.6. The Balaban J connectivity index is 1.67. The molecule has 6 aromatic rings. The van der Waals surface area contributed by atoms with Gasteiger partial charge in [0.1, 0.15) is 28.8 Å². The molecule has 0 fully saturated rings. The second-order valence-electron chi connectivity index (χ2n) is 10.8. The molecule has 12 nitrogen and oxygen atoms in total. The number of ether oxygens (including phenoxy) is 2. The maximum atomic E-state index is 10.5. The Morgan fingerprint density at radius 3 is 1.85 bits per heavy atom. The number of rotatable bonds is 6. The van der Waals surface area contributed by atoms with Crippen LogP contribution in [0.3, 0.4) is 0 Å². The predicted molar refractivity (Wildman–Crippen MR) is 172 cm³/mol. The molecule has 0 atom stereocenters. The molecule has 0 aliphatic heterocycles. The minimum Gasteiger partial charge on any atom is -0.496 e. The van der Waals surface area contributed by atoms with Crippen LogP contribution in [0.4, 0.5) is 0 Å². The number of aromatic nitrogens is 6. The van der Waals surface area contributed by atoms with Crippen molar-refractivity contribution >= 4 is 44.1 Å². The molecule has 0 amide bonds. The molecule has 12 heteroatoms. The molecule has 0 saturated carbocycles. The van der Waals surface area contributed by atoms with Gasteiger partial charge in [-0.3, -0.25) is 15.0 Å². The number of benzene rings is 2. The summed E-state index contributed by atoms with van der Waals surface area (Å²) in [5.74, 6) is 0.986. The number of methoxy groups -OCH3 is 2. The number of aryl methyl sites for hydroxylation is 2. The summed E-state index contributed by atoms with van der Waals surface area (Å²) in [7, 11) is 6.81. The Morgan fingerprint density at radius 1 is 0.804 bits per heavy atom. The van der Waals surface area contributed by atoms with Gasteiger partial charge in [-0.15, -0.1) is 0 Å². The van der Waals surface area contributed by atoms with Crippen LogP contribution in [0, 0.1) is 31.8 Å². The highest BCUT2D eigenvalue weighted by atomic mass is 16.5. The molecule has 46 heavy (non-hydrogen) atoms. The van der Waals surface area contributed by atoms with Gasteiger partial charge in [0.2, 0.25) is 5.70 Å². The van der Waals surface area contributed by atoms with E-state index in [1.807, 2.05) is 37.1 Å². The lowest BCUT2D eigenvalue weighted by atomic mass is 10.1. The van der Waals surface area contributed by atoms with Gasteiger partial charge in [-0.25, -0.2) is 9.83 Å². The third kappa shape index (κ3) is 4.51. The third-order valence-corrected chi connectivity index (χ3v) is 8.54. The molecule has 0 bridgehead atoms. The van der Waals surface area contributed by atoms with Gasteiger partial charge < -0.3 is 28.8 Å². The topological polar surface area (TPSA) is 148 Å². The first-order valence-electron chi connectivity index (χ1n) is 14.3. The van der Waals surface area contributed by atoms with Crippen molar-refractivity contribution in [2.75, 3.05) is 14.2 Å². The molecule has 4 aromatic heterocycles. The maximum Gasteiger partial charge on any atom is 0.237 e. The quantitative estimate of drug-likeness (QED) is 0.270. The van der Waals surface area contributed by atoms with E-state index in [2.05, 4.69) is 20.9 Å². The highest BCUT2D eigenvalue weighted by molar-refractivity contribution is 5.96. The predicted octanol–water partition coefficient (Wildman–Crippen LogP) is 2.82. The zero-order valence-corrected chi connectivity index (χ0v) is 26.2. The molecule has 0 saturated heterocycles. The first kappa shape index (κ1) is 30.2. The Kier molecular flexibility index (Phi) is 7.62. The van der Waals surface area contributed by atoms with Gasteiger partial charge >= 0.3 is 0 Å². The number of hydrogen-bond donors (Lipinski definition) is 2. The summed E-state index contributed by atoms with van der Waals surface area (Å²) < 4.78 is 14.7. The van der Waals surface area contributed by atoms with E-state index in [-0.39, 0.29) is 13.2 Å². The number of nitrogens with zero attached hydrogens (tertiary/aromatic N) is 8. The minimum atomic E-state index is -0.234. The van der Waals surface area contributed by atoms with Gasteiger partial charge in [0.25, 0.3) is 0 Å². The summed E-state index contributed by atoms with van der Waals surface area (Å²) in [6.07, 6.45) is 3.12. The van der Waals surface area contributed by atoms with Gasteiger partial charge in [-0.05, 0) is 26.0 Å². The van der Waals surface area contributed by atoms with Crippen LogP contribution in [0.15, 0.2) is 36.7 Å². The summed E-state index contributed by atoms with van der Waals surface area (Å²) in [4.78, 5) is 22.6. The third-order valence-electron chi connectivity index (χ3n) is 8.54. The molecule has 0 radical (unpaired) electrons. The second-order valence-corrected chi connectivity index (χ2v) is 10.8. The van der Waals surface area contributed by atoms with Gasteiger partial charge in [0, 0.05) is 65.7 Å². The largest absolute Gasteiger partial charge is 0.496 e. The Labute approximate surface area is 263 Å². The zero-order valence-electron chi connectivity index (χ0n) is 26.2. The average Bonchev–Trinajstić information content (AvgIpc) is 3.48. The first-order chi connectivity index (χ1) is 22.2. The smallest absolute Gasteiger partial charge is 0.237 e. The van der Waals surface area contributed by atoms with E-state index in [0.717, 1.165) is 22.2 Å². The summed E-state index contributed by atoms with van der Waals surface area (Å²) in [5, 5.41) is 33.0. The van der Waals surface area contributed by atoms with Crippen molar-refractivity contribution in [3.05, 3.63) is 92.7 Å². The van der Waals surface area contributed by atoms with E-state index in [1.165, 1.54) is 14.2 Å². The highest BCUT2D eigenvalue weighted by Crippen LogP contribution is 2.28. The number of aliphatic hydroxyl groups excluding tert-OH is 2. The lowest BCUT2D eigenvalue weighted by Crippen LogP contribution is -2.22. The van der Waals surface area contributed by atoms with Crippen molar-refractivity contribution in [2.45, 2.75) is 27.1 Å². The number of hydrogen-bond acceptors (Lipinski definition) is 9. The van der Waals surface area contributed by atoms with Gasteiger partial charge in [0.05, 0.1) is 78.7 Å². The van der Waals surface area contributed by atoms with Crippen LogP contribution >= 0.6 is 0 Å². The van der Waals surface area contributed by atoms with E-state index >= 15 is 0 Å². The molecule has 230 valence electrons. The molecular weight excluding hydrogens is 584 g/mol. The lowest BCUT2D eigenvalue weighted by molar-refractivity contribution is 0.273. The van der Waals surface area contributed by atoms with Crippen molar-refractivity contribution in [2.24, 2.45) is 14.1 Å². The fraction of sp³-hybridized carbons (Fsp3) is 0.235. The van der Waals surface area contributed by atoms with Crippen LogP contribution in [-0.4, -0.2) is 53.5 Å². The van der Waals surface area contributed by atoms with Crippen LogP contribution in [0.1, 0.15) is 33.9 Å². The number of fused-ring (bicyclic) bond motifs is 3. The fourth-order valence-corrected chi connectivity index (χ4v) is 6.01. The summed E-state index contributed by atoms with van der Waals surface area (Å²) in [6.45, 7) is 11.7. The Hall–Kier alpha value is -5.82. The van der Waals surface area contributed by atoms with Crippen LogP contribution in [0.2, 0.25) is 0 Å². The van der Waals surface area contributed by atoms with Crippen molar-refractivity contribution < 1.29 is 19.7 Å². The van der Waals surface area contributed by atoms with Crippen molar-refractivity contribution in [1.82, 2.24) is 29.1 Å². The Bertz CT molecular complexity index is 2270. The first-order valence-corrected chi connectivity index (χ1v) is 14.3. The Morgan fingerprint density at radius 2 is 1.28 bits per heavy atom. The van der Waals surface area contributed by atoms with Gasteiger partial charge in [-0.1, -0.05) is 0 Å². The highest BCUT2D eigenvalue weighted by Gasteiger charge is 2.23.